The van der Waals surface area contributed by atoms with Crippen molar-refractivity contribution in [1.82, 2.24) is 14.5 Å². The van der Waals surface area contributed by atoms with E-state index in [0.717, 1.165) is 37.2 Å². The molecular formula is C23H31N3O3S. The van der Waals surface area contributed by atoms with Gasteiger partial charge < -0.3 is 10.2 Å². The van der Waals surface area contributed by atoms with Gasteiger partial charge in [0.2, 0.25) is 10.0 Å². The van der Waals surface area contributed by atoms with E-state index in [9.17, 15) is 13.2 Å². The number of carbonyl (C=O) groups is 1. The Hall–Kier alpha value is -2.22. The van der Waals surface area contributed by atoms with Gasteiger partial charge in [0.1, 0.15) is 0 Å². The molecular weight excluding hydrogens is 398 g/mol. The van der Waals surface area contributed by atoms with Crippen LogP contribution in [0.4, 0.5) is 0 Å². The second kappa shape index (κ2) is 10.2. The van der Waals surface area contributed by atoms with E-state index in [2.05, 4.69) is 22.3 Å². The van der Waals surface area contributed by atoms with Crippen LogP contribution in [0.25, 0.3) is 0 Å². The van der Waals surface area contributed by atoms with Crippen molar-refractivity contribution >= 4 is 15.9 Å². The van der Waals surface area contributed by atoms with E-state index in [1.54, 1.807) is 4.31 Å². The number of hydrogen-bond acceptors (Lipinski definition) is 4. The lowest BCUT2D eigenvalue weighted by molar-refractivity contribution is 0.0956. The summed E-state index contributed by atoms with van der Waals surface area (Å²) in [6, 6.07) is 16.0. The van der Waals surface area contributed by atoms with Crippen LogP contribution in [-0.4, -0.2) is 68.6 Å². The van der Waals surface area contributed by atoms with Gasteiger partial charge in [0.15, 0.2) is 0 Å². The van der Waals surface area contributed by atoms with Crippen LogP contribution >= 0.6 is 0 Å². The summed E-state index contributed by atoms with van der Waals surface area (Å²) in [6.45, 7) is 7.40. The summed E-state index contributed by atoms with van der Waals surface area (Å²) in [5, 5.41) is 2.74. The molecule has 1 aliphatic heterocycles. The van der Waals surface area contributed by atoms with Gasteiger partial charge in [-0.1, -0.05) is 47.5 Å². The number of rotatable bonds is 8. The van der Waals surface area contributed by atoms with Crippen molar-refractivity contribution in [3.63, 3.8) is 0 Å². The number of nitrogens with zero attached hydrogens (tertiary/aromatic N) is 2. The second-order valence-corrected chi connectivity index (χ2v) is 10.0. The van der Waals surface area contributed by atoms with Gasteiger partial charge >= 0.3 is 0 Å². The van der Waals surface area contributed by atoms with Crippen molar-refractivity contribution in [1.29, 1.82) is 0 Å². The minimum Gasteiger partial charge on any atom is -0.351 e. The van der Waals surface area contributed by atoms with Gasteiger partial charge in [0, 0.05) is 44.8 Å². The van der Waals surface area contributed by atoms with E-state index in [1.807, 2.05) is 50.2 Å². The van der Waals surface area contributed by atoms with Crippen molar-refractivity contribution in [2.75, 3.05) is 45.0 Å². The average Bonchev–Trinajstić information content (AvgIpc) is 2.72. The third-order valence-corrected chi connectivity index (χ3v) is 7.29. The molecule has 1 saturated heterocycles. The summed E-state index contributed by atoms with van der Waals surface area (Å²) >= 11 is 0. The Labute approximate surface area is 179 Å². The maximum atomic E-state index is 12.7. The molecule has 0 atom stereocenters. The van der Waals surface area contributed by atoms with Crippen molar-refractivity contribution in [2.24, 2.45) is 0 Å². The van der Waals surface area contributed by atoms with E-state index >= 15 is 0 Å². The Kier molecular flexibility index (Phi) is 7.64. The zero-order valence-electron chi connectivity index (χ0n) is 17.8. The Balaban J connectivity index is 1.42. The predicted octanol–water partition coefficient (Wildman–Crippen LogP) is 2.22. The lowest BCUT2D eigenvalue weighted by Gasteiger charge is -2.34. The fraction of sp³-hybridized carbons (Fsp3) is 0.435. The summed E-state index contributed by atoms with van der Waals surface area (Å²) in [5.41, 5.74) is 3.89. The second-order valence-electron chi connectivity index (χ2n) is 7.92. The maximum absolute atomic E-state index is 12.7. The van der Waals surface area contributed by atoms with Crippen molar-refractivity contribution < 1.29 is 13.2 Å². The molecule has 0 unspecified atom stereocenters. The number of benzene rings is 2. The smallest absolute Gasteiger partial charge is 0.251 e. The first-order valence-corrected chi connectivity index (χ1v) is 12.0. The molecule has 0 saturated carbocycles. The van der Waals surface area contributed by atoms with Crippen LogP contribution in [0.5, 0.6) is 0 Å². The van der Waals surface area contributed by atoms with Crippen molar-refractivity contribution in [2.45, 2.75) is 20.3 Å². The van der Waals surface area contributed by atoms with Gasteiger partial charge in [-0.05, 0) is 38.0 Å². The molecule has 162 valence electrons. The van der Waals surface area contributed by atoms with Crippen LogP contribution in [0.15, 0.2) is 48.5 Å². The molecule has 1 amide bonds. The van der Waals surface area contributed by atoms with Gasteiger partial charge in [-0.25, -0.2) is 8.42 Å². The lowest BCUT2D eigenvalue weighted by atomic mass is 10.1. The molecule has 2 aromatic rings. The highest BCUT2D eigenvalue weighted by molar-refractivity contribution is 7.89. The van der Waals surface area contributed by atoms with Gasteiger partial charge in [-0.15, -0.1) is 0 Å². The zero-order valence-corrected chi connectivity index (χ0v) is 18.6. The van der Waals surface area contributed by atoms with Gasteiger partial charge in [-0.2, -0.15) is 4.31 Å². The number of nitrogens with one attached hydrogen (secondary N) is 1. The van der Waals surface area contributed by atoms with Crippen molar-refractivity contribution in [3.8, 4) is 0 Å². The minimum absolute atomic E-state index is 0.0758. The molecule has 0 bridgehead atoms. The van der Waals surface area contributed by atoms with E-state index in [4.69, 9.17) is 0 Å². The molecule has 3 rings (SSSR count). The Morgan fingerprint density at radius 1 is 0.967 bits per heavy atom. The first kappa shape index (κ1) is 22.5. The number of sulfonamides is 1. The highest BCUT2D eigenvalue weighted by Gasteiger charge is 2.26. The third-order valence-electron chi connectivity index (χ3n) is 5.41. The summed E-state index contributed by atoms with van der Waals surface area (Å²) in [7, 11) is -3.38. The minimum atomic E-state index is -3.38. The number of piperazine rings is 1. The van der Waals surface area contributed by atoms with E-state index in [1.165, 1.54) is 5.56 Å². The summed E-state index contributed by atoms with van der Waals surface area (Å²) in [4.78, 5) is 14.6. The first-order valence-electron chi connectivity index (χ1n) is 10.4. The highest BCUT2D eigenvalue weighted by Crippen LogP contribution is 2.11. The normalized spacial score (nSPS) is 15.8. The van der Waals surface area contributed by atoms with E-state index in [-0.39, 0.29) is 18.2 Å². The molecule has 0 aromatic heterocycles. The van der Waals surface area contributed by atoms with Gasteiger partial charge in [0.05, 0.1) is 5.75 Å². The van der Waals surface area contributed by atoms with Crippen LogP contribution in [0, 0.1) is 13.8 Å². The summed E-state index contributed by atoms with van der Waals surface area (Å²) in [6.07, 6.45) is 0.970. The third kappa shape index (κ3) is 6.39. The molecule has 1 fully saturated rings. The molecule has 1 N–H and O–H groups in total. The molecule has 0 radical (unpaired) electrons. The average molecular weight is 430 g/mol. The first-order chi connectivity index (χ1) is 14.3. The van der Waals surface area contributed by atoms with Crippen LogP contribution in [-0.2, 0) is 16.4 Å². The van der Waals surface area contributed by atoms with Crippen LogP contribution in [0.1, 0.15) is 27.0 Å². The lowest BCUT2D eigenvalue weighted by Crippen LogP contribution is -2.50. The molecule has 1 aliphatic rings. The summed E-state index contributed by atoms with van der Waals surface area (Å²) < 4.78 is 26.9. The topological polar surface area (TPSA) is 69.7 Å². The summed E-state index contributed by atoms with van der Waals surface area (Å²) in [5.74, 6) is -0.309. The predicted molar refractivity (Wildman–Crippen MR) is 120 cm³/mol. The Morgan fingerprint density at radius 3 is 2.23 bits per heavy atom. The quantitative estimate of drug-likeness (QED) is 0.699. The number of carbonyl (C=O) groups excluding carboxylic acids is 1. The molecule has 0 spiro atoms. The molecule has 0 aliphatic carbocycles. The van der Waals surface area contributed by atoms with E-state index in [0.29, 0.717) is 18.7 Å². The standard InChI is InChI=1S/C23H31N3O3S/c1-19-16-20(2)18-22(17-19)23(27)24-9-15-30(28,29)26-13-11-25(12-14-26)10-8-21-6-4-3-5-7-21/h3-7,16-18H,8-15H2,1-2H3,(H,24,27). The zero-order chi connectivity index (χ0) is 21.6. The molecule has 6 nitrogen and oxygen atoms in total. The molecule has 1 heterocycles. The number of hydrogen-bond donors (Lipinski definition) is 1. The van der Waals surface area contributed by atoms with Gasteiger partial charge in [-0.3, -0.25) is 4.79 Å². The number of amides is 1. The SMILES string of the molecule is Cc1cc(C)cc(C(=O)NCCS(=O)(=O)N2CCN(CCc3ccccc3)CC2)c1. The van der Waals surface area contributed by atoms with Crippen LogP contribution < -0.4 is 5.32 Å². The monoisotopic (exact) mass is 429 g/mol. The fourth-order valence-corrected chi connectivity index (χ4v) is 5.13. The van der Waals surface area contributed by atoms with Crippen LogP contribution in [0.3, 0.4) is 0 Å². The Bertz CT molecular complexity index is 933. The van der Waals surface area contributed by atoms with Crippen LogP contribution in [0.2, 0.25) is 0 Å². The van der Waals surface area contributed by atoms with Gasteiger partial charge in [0.25, 0.3) is 5.91 Å². The number of aryl methyl sites for hydroxylation is 2. The largest absolute Gasteiger partial charge is 0.351 e. The Morgan fingerprint density at radius 2 is 1.60 bits per heavy atom. The molecule has 2 aromatic carbocycles. The molecule has 7 heteroatoms. The molecule has 30 heavy (non-hydrogen) atoms. The maximum Gasteiger partial charge on any atom is 0.251 e. The van der Waals surface area contributed by atoms with Crippen molar-refractivity contribution in [3.05, 3.63) is 70.8 Å². The fourth-order valence-electron chi connectivity index (χ4n) is 3.79. The van der Waals surface area contributed by atoms with E-state index < -0.39 is 10.0 Å². The highest BCUT2D eigenvalue weighted by atomic mass is 32.2.